The minimum Gasteiger partial charge on any atom is -0.491 e. The molecule has 7 heteroatoms. The molecule has 0 aliphatic carbocycles. The summed E-state index contributed by atoms with van der Waals surface area (Å²) >= 11 is 0. The molecule has 1 aromatic rings. The van der Waals surface area contributed by atoms with Gasteiger partial charge in [-0.05, 0) is 31.2 Å². The Morgan fingerprint density at radius 1 is 1.05 bits per heavy atom. The predicted molar refractivity (Wildman–Crippen MR) is 80.5 cm³/mol. The Morgan fingerprint density at radius 3 is 2.41 bits per heavy atom. The molecule has 0 saturated carbocycles. The lowest BCUT2D eigenvalue weighted by molar-refractivity contribution is -0.122. The second-order valence-electron chi connectivity index (χ2n) is 4.31. The average Bonchev–Trinajstić information content (AvgIpc) is 2.54. The van der Waals surface area contributed by atoms with E-state index in [1.807, 2.05) is 6.92 Å². The van der Waals surface area contributed by atoms with Crippen LogP contribution in [0.4, 0.5) is 0 Å². The number of hydrazine groups is 1. The molecule has 0 unspecified atom stereocenters. The zero-order chi connectivity index (χ0) is 16.2. The van der Waals surface area contributed by atoms with Crippen LogP contribution in [0.15, 0.2) is 24.3 Å². The highest BCUT2D eigenvalue weighted by molar-refractivity contribution is 5.95. The molecule has 0 saturated heterocycles. The number of rotatable bonds is 9. The Morgan fingerprint density at radius 2 is 1.77 bits per heavy atom. The van der Waals surface area contributed by atoms with Gasteiger partial charge in [-0.2, -0.15) is 0 Å². The molecule has 0 spiro atoms. The number of methoxy groups -OCH3 is 1. The standard InChI is InChI=1S/C15H22N2O5/c1-3-21-9-8-14(18)16-17-15(19)12-4-6-13(7-5-12)22-11-10-20-2/h4-7H,3,8-11H2,1-2H3,(H,16,18)(H,17,19). The Labute approximate surface area is 129 Å². The molecule has 0 aromatic heterocycles. The second kappa shape index (κ2) is 10.6. The van der Waals surface area contributed by atoms with E-state index >= 15 is 0 Å². The highest BCUT2D eigenvalue weighted by Crippen LogP contribution is 2.11. The van der Waals surface area contributed by atoms with Crippen molar-refractivity contribution in [3.8, 4) is 5.75 Å². The fraction of sp³-hybridized carbons (Fsp3) is 0.467. The van der Waals surface area contributed by atoms with Gasteiger partial charge in [0.05, 0.1) is 19.6 Å². The van der Waals surface area contributed by atoms with Crippen LogP contribution in [0.25, 0.3) is 0 Å². The number of carbonyl (C=O) groups excluding carboxylic acids is 2. The zero-order valence-electron chi connectivity index (χ0n) is 12.9. The summed E-state index contributed by atoms with van der Waals surface area (Å²) in [5.74, 6) is -0.0520. The first-order valence-corrected chi connectivity index (χ1v) is 7.06. The van der Waals surface area contributed by atoms with Gasteiger partial charge in [-0.1, -0.05) is 0 Å². The first-order valence-electron chi connectivity index (χ1n) is 7.06. The molecule has 0 atom stereocenters. The van der Waals surface area contributed by atoms with Gasteiger partial charge in [0.2, 0.25) is 5.91 Å². The molecule has 0 heterocycles. The molecule has 122 valence electrons. The van der Waals surface area contributed by atoms with Crippen LogP contribution in [0, 0.1) is 0 Å². The number of nitrogens with one attached hydrogen (secondary N) is 2. The molecule has 2 amide bonds. The van der Waals surface area contributed by atoms with Crippen molar-refractivity contribution in [3.63, 3.8) is 0 Å². The molecule has 1 aromatic carbocycles. The third-order valence-electron chi connectivity index (χ3n) is 2.67. The number of benzene rings is 1. The molecule has 0 aliphatic heterocycles. The Balaban J connectivity index is 2.34. The molecule has 0 radical (unpaired) electrons. The van der Waals surface area contributed by atoms with Gasteiger partial charge in [-0.15, -0.1) is 0 Å². The lowest BCUT2D eigenvalue weighted by Gasteiger charge is -2.09. The molecular weight excluding hydrogens is 288 g/mol. The second-order valence-corrected chi connectivity index (χ2v) is 4.31. The van der Waals surface area contributed by atoms with E-state index in [1.165, 1.54) is 0 Å². The van der Waals surface area contributed by atoms with Gasteiger partial charge in [0.25, 0.3) is 5.91 Å². The highest BCUT2D eigenvalue weighted by Gasteiger charge is 2.07. The van der Waals surface area contributed by atoms with Crippen molar-refractivity contribution in [1.29, 1.82) is 0 Å². The molecular formula is C15H22N2O5. The first-order chi connectivity index (χ1) is 10.7. The summed E-state index contributed by atoms with van der Waals surface area (Å²) < 4.78 is 15.3. The van der Waals surface area contributed by atoms with Crippen LogP contribution in [0.2, 0.25) is 0 Å². The number of hydrogen-bond acceptors (Lipinski definition) is 5. The van der Waals surface area contributed by atoms with Crippen LogP contribution >= 0.6 is 0 Å². The Kier molecular flexibility index (Phi) is 8.63. The van der Waals surface area contributed by atoms with E-state index < -0.39 is 5.91 Å². The van der Waals surface area contributed by atoms with E-state index in [1.54, 1.807) is 31.4 Å². The van der Waals surface area contributed by atoms with Gasteiger partial charge < -0.3 is 14.2 Å². The maximum Gasteiger partial charge on any atom is 0.269 e. The zero-order valence-corrected chi connectivity index (χ0v) is 12.9. The molecule has 0 aliphatic rings. The van der Waals surface area contributed by atoms with E-state index in [4.69, 9.17) is 14.2 Å². The van der Waals surface area contributed by atoms with Gasteiger partial charge in [-0.3, -0.25) is 20.4 Å². The van der Waals surface area contributed by atoms with Crippen LogP contribution in [-0.2, 0) is 14.3 Å². The van der Waals surface area contributed by atoms with E-state index in [0.29, 0.717) is 37.7 Å². The smallest absolute Gasteiger partial charge is 0.269 e. The minimum atomic E-state index is -0.395. The number of carbonyl (C=O) groups is 2. The van der Waals surface area contributed by atoms with Crippen molar-refractivity contribution in [3.05, 3.63) is 29.8 Å². The van der Waals surface area contributed by atoms with Crippen LogP contribution in [0.5, 0.6) is 5.75 Å². The maximum absolute atomic E-state index is 11.8. The molecule has 0 fully saturated rings. The lowest BCUT2D eigenvalue weighted by atomic mass is 10.2. The molecule has 1 rings (SSSR count). The SMILES string of the molecule is CCOCCC(=O)NNC(=O)c1ccc(OCCOC)cc1. The summed E-state index contributed by atoms with van der Waals surface area (Å²) in [5, 5.41) is 0. The van der Waals surface area contributed by atoms with Gasteiger partial charge >= 0.3 is 0 Å². The lowest BCUT2D eigenvalue weighted by Crippen LogP contribution is -2.41. The van der Waals surface area contributed by atoms with Crippen LogP contribution in [0.3, 0.4) is 0 Å². The van der Waals surface area contributed by atoms with Crippen LogP contribution in [-0.4, -0.2) is 45.4 Å². The topological polar surface area (TPSA) is 85.9 Å². The fourth-order valence-electron chi connectivity index (χ4n) is 1.52. The van der Waals surface area contributed by atoms with Gasteiger partial charge in [0.15, 0.2) is 0 Å². The summed E-state index contributed by atoms with van der Waals surface area (Å²) in [7, 11) is 1.60. The Hall–Kier alpha value is -2.12. The molecule has 22 heavy (non-hydrogen) atoms. The maximum atomic E-state index is 11.8. The van der Waals surface area contributed by atoms with Crippen molar-refractivity contribution in [1.82, 2.24) is 10.9 Å². The third kappa shape index (κ3) is 7.05. The number of amides is 2. The predicted octanol–water partition coefficient (Wildman–Crippen LogP) is 0.899. The highest BCUT2D eigenvalue weighted by atomic mass is 16.5. The number of ether oxygens (including phenoxy) is 3. The van der Waals surface area contributed by atoms with Crippen molar-refractivity contribution >= 4 is 11.8 Å². The first kappa shape index (κ1) is 17.9. The van der Waals surface area contributed by atoms with E-state index in [2.05, 4.69) is 10.9 Å². The van der Waals surface area contributed by atoms with Crippen molar-refractivity contribution in [2.75, 3.05) is 33.5 Å². The quantitative estimate of drug-likeness (QED) is 0.523. The van der Waals surface area contributed by atoms with Crippen LogP contribution in [0.1, 0.15) is 23.7 Å². The summed E-state index contributed by atoms with van der Waals surface area (Å²) in [4.78, 5) is 23.2. The third-order valence-corrected chi connectivity index (χ3v) is 2.67. The van der Waals surface area contributed by atoms with Gasteiger partial charge in [0, 0.05) is 19.3 Å². The largest absolute Gasteiger partial charge is 0.491 e. The number of hydrogen-bond donors (Lipinski definition) is 2. The van der Waals surface area contributed by atoms with Gasteiger partial charge in [0.1, 0.15) is 12.4 Å². The van der Waals surface area contributed by atoms with Crippen molar-refractivity contribution in [2.24, 2.45) is 0 Å². The normalized spacial score (nSPS) is 10.1. The molecule has 7 nitrogen and oxygen atoms in total. The minimum absolute atomic E-state index is 0.195. The van der Waals surface area contributed by atoms with Crippen LogP contribution < -0.4 is 15.6 Å². The molecule has 0 bridgehead atoms. The Bertz CT molecular complexity index is 462. The average molecular weight is 310 g/mol. The fourth-order valence-corrected chi connectivity index (χ4v) is 1.52. The summed E-state index contributed by atoms with van der Waals surface area (Å²) in [6, 6.07) is 6.59. The molecule has 2 N–H and O–H groups in total. The van der Waals surface area contributed by atoms with Gasteiger partial charge in [-0.25, -0.2) is 0 Å². The summed E-state index contributed by atoms with van der Waals surface area (Å²) in [5.41, 5.74) is 5.09. The monoisotopic (exact) mass is 310 g/mol. The van der Waals surface area contributed by atoms with Crippen molar-refractivity contribution in [2.45, 2.75) is 13.3 Å². The van der Waals surface area contributed by atoms with E-state index in [9.17, 15) is 9.59 Å². The van der Waals surface area contributed by atoms with E-state index in [-0.39, 0.29) is 12.3 Å². The summed E-state index contributed by atoms with van der Waals surface area (Å²) in [6.07, 6.45) is 0.195. The van der Waals surface area contributed by atoms with Crippen molar-refractivity contribution < 1.29 is 23.8 Å². The van der Waals surface area contributed by atoms with E-state index in [0.717, 1.165) is 0 Å². The summed E-state index contributed by atoms with van der Waals surface area (Å²) in [6.45, 7) is 3.67.